The predicted octanol–water partition coefficient (Wildman–Crippen LogP) is 4.32. The number of ketones is 1. The second kappa shape index (κ2) is 7.37. The van der Waals surface area contributed by atoms with Gasteiger partial charge in [-0.3, -0.25) is 4.79 Å². The zero-order valence-electron chi connectivity index (χ0n) is 12.9. The monoisotopic (exact) mass is 284 g/mol. The van der Waals surface area contributed by atoms with E-state index in [9.17, 15) is 4.79 Å². The quantitative estimate of drug-likeness (QED) is 0.574. The van der Waals surface area contributed by atoms with Gasteiger partial charge in [0.05, 0.1) is 12.7 Å². The molecule has 0 bridgehead atoms. The van der Waals surface area contributed by atoms with Crippen molar-refractivity contribution in [3.63, 3.8) is 0 Å². The number of benzene rings is 1. The van der Waals surface area contributed by atoms with Gasteiger partial charge in [0.25, 0.3) is 0 Å². The Balaban J connectivity index is 1.96. The highest BCUT2D eigenvalue weighted by molar-refractivity contribution is 5.91. The normalized spacial score (nSPS) is 23.2. The summed E-state index contributed by atoms with van der Waals surface area (Å²) in [6.45, 7) is 8.32. The molecule has 1 aromatic rings. The van der Waals surface area contributed by atoms with E-state index in [4.69, 9.17) is 4.74 Å². The smallest absolute Gasteiger partial charge is 0.158 e. The number of hydrogen-bond acceptors (Lipinski definition) is 2. The van der Waals surface area contributed by atoms with E-state index in [1.54, 1.807) is 0 Å². The lowest BCUT2D eigenvalue weighted by Crippen LogP contribution is -2.29. The van der Waals surface area contributed by atoms with Crippen molar-refractivity contribution in [3.05, 3.63) is 60.2 Å². The lowest BCUT2D eigenvalue weighted by molar-refractivity contribution is -0.119. The van der Waals surface area contributed by atoms with Gasteiger partial charge < -0.3 is 4.74 Å². The van der Waals surface area contributed by atoms with E-state index in [1.165, 1.54) is 17.2 Å². The third-order valence-electron chi connectivity index (χ3n) is 4.42. The van der Waals surface area contributed by atoms with E-state index in [0.717, 1.165) is 12.8 Å². The molecule has 0 aliphatic heterocycles. The van der Waals surface area contributed by atoms with Crippen LogP contribution in [0.5, 0.6) is 0 Å². The van der Waals surface area contributed by atoms with Gasteiger partial charge in [0.15, 0.2) is 5.78 Å². The van der Waals surface area contributed by atoms with E-state index in [1.807, 2.05) is 25.1 Å². The van der Waals surface area contributed by atoms with Crippen LogP contribution < -0.4 is 0 Å². The van der Waals surface area contributed by atoms with Gasteiger partial charge in [-0.2, -0.15) is 0 Å². The van der Waals surface area contributed by atoms with Crippen molar-refractivity contribution in [2.45, 2.75) is 39.4 Å². The molecule has 0 radical (unpaired) electrons. The minimum atomic E-state index is 0.0228. The standard InChI is InChI=1S/C19H24O2/c1-4-18(20)15(3)17-11-10-14(2)19(12-17)21-13-16-8-6-5-7-9-16/h4-10,15,17,19H,1,11-13H2,2-3H3/t15?,17-,19-/m0/s1. The zero-order chi connectivity index (χ0) is 15.2. The second-order valence-corrected chi connectivity index (χ2v) is 5.86. The second-order valence-electron chi connectivity index (χ2n) is 5.86. The first-order valence-corrected chi connectivity index (χ1v) is 7.60. The molecule has 112 valence electrons. The number of ether oxygens (including phenoxy) is 1. The molecule has 0 fully saturated rings. The third-order valence-corrected chi connectivity index (χ3v) is 4.42. The molecule has 1 aliphatic carbocycles. The molecule has 1 aromatic carbocycles. The molecule has 0 spiro atoms. The summed E-state index contributed by atoms with van der Waals surface area (Å²) in [6, 6.07) is 10.2. The van der Waals surface area contributed by atoms with Crippen molar-refractivity contribution in [1.82, 2.24) is 0 Å². The summed E-state index contributed by atoms with van der Waals surface area (Å²) >= 11 is 0. The Morgan fingerprint density at radius 2 is 2.14 bits per heavy atom. The van der Waals surface area contributed by atoms with Crippen LogP contribution in [0.2, 0.25) is 0 Å². The first-order chi connectivity index (χ1) is 10.1. The molecule has 1 aliphatic rings. The van der Waals surface area contributed by atoms with Crippen LogP contribution in [-0.2, 0) is 16.1 Å². The maximum Gasteiger partial charge on any atom is 0.158 e. The number of hydrogen-bond donors (Lipinski definition) is 0. The Bertz CT molecular complexity index is 516. The molecule has 2 heteroatoms. The summed E-state index contributed by atoms with van der Waals surface area (Å²) in [7, 11) is 0. The molecule has 1 unspecified atom stereocenters. The average molecular weight is 284 g/mol. The number of rotatable bonds is 6. The zero-order valence-corrected chi connectivity index (χ0v) is 12.9. The van der Waals surface area contributed by atoms with Crippen LogP contribution in [0, 0.1) is 11.8 Å². The molecule has 21 heavy (non-hydrogen) atoms. The molecule has 0 amide bonds. The summed E-state index contributed by atoms with van der Waals surface area (Å²) < 4.78 is 6.07. The summed E-state index contributed by atoms with van der Waals surface area (Å²) in [5.41, 5.74) is 2.46. The lowest BCUT2D eigenvalue weighted by atomic mass is 9.78. The fourth-order valence-corrected chi connectivity index (χ4v) is 2.82. The fourth-order valence-electron chi connectivity index (χ4n) is 2.82. The molecular weight excluding hydrogens is 260 g/mol. The minimum Gasteiger partial charge on any atom is -0.369 e. The van der Waals surface area contributed by atoms with Crippen LogP contribution in [0.25, 0.3) is 0 Å². The van der Waals surface area contributed by atoms with E-state index in [0.29, 0.717) is 12.5 Å². The van der Waals surface area contributed by atoms with Gasteiger partial charge in [-0.25, -0.2) is 0 Å². The van der Waals surface area contributed by atoms with Crippen molar-refractivity contribution in [2.75, 3.05) is 0 Å². The lowest BCUT2D eigenvalue weighted by Gasteiger charge is -2.31. The van der Waals surface area contributed by atoms with Gasteiger partial charge in [0.2, 0.25) is 0 Å². The molecule has 0 aromatic heterocycles. The first kappa shape index (κ1) is 15.7. The highest BCUT2D eigenvalue weighted by Gasteiger charge is 2.29. The van der Waals surface area contributed by atoms with E-state index >= 15 is 0 Å². The summed E-state index contributed by atoms with van der Waals surface area (Å²) in [5, 5.41) is 0. The van der Waals surface area contributed by atoms with Crippen LogP contribution in [0.15, 0.2) is 54.6 Å². The number of allylic oxidation sites excluding steroid dienone is 2. The largest absolute Gasteiger partial charge is 0.369 e. The van der Waals surface area contributed by atoms with Crippen LogP contribution in [0.3, 0.4) is 0 Å². The SMILES string of the molecule is C=CC(=O)C(C)[C@H]1CC=C(C)[C@@H](OCc2ccccc2)C1. The van der Waals surface area contributed by atoms with E-state index in [-0.39, 0.29) is 17.8 Å². The average Bonchev–Trinajstić information content (AvgIpc) is 2.53. The molecule has 2 rings (SSSR count). The third kappa shape index (κ3) is 4.15. The van der Waals surface area contributed by atoms with Crippen molar-refractivity contribution in [1.29, 1.82) is 0 Å². The van der Waals surface area contributed by atoms with Crippen LogP contribution in [-0.4, -0.2) is 11.9 Å². The summed E-state index contributed by atoms with van der Waals surface area (Å²) in [6.07, 6.45) is 5.64. The molecule has 0 saturated carbocycles. The van der Waals surface area contributed by atoms with Gasteiger partial charge in [-0.15, -0.1) is 0 Å². The highest BCUT2D eigenvalue weighted by Crippen LogP contribution is 2.32. The molecule has 0 heterocycles. The minimum absolute atomic E-state index is 0.0228. The Labute approximate surface area is 127 Å². The Kier molecular flexibility index (Phi) is 5.51. The molecule has 0 N–H and O–H groups in total. The van der Waals surface area contributed by atoms with Crippen molar-refractivity contribution >= 4 is 5.78 Å². The maximum atomic E-state index is 11.8. The Morgan fingerprint density at radius 3 is 2.81 bits per heavy atom. The Morgan fingerprint density at radius 1 is 1.43 bits per heavy atom. The topological polar surface area (TPSA) is 26.3 Å². The first-order valence-electron chi connectivity index (χ1n) is 7.60. The number of carbonyl (C=O) groups is 1. The summed E-state index contributed by atoms with van der Waals surface area (Å²) in [4.78, 5) is 11.8. The predicted molar refractivity (Wildman–Crippen MR) is 85.9 cm³/mol. The molecular formula is C19H24O2. The van der Waals surface area contributed by atoms with Gasteiger partial charge in [-0.05, 0) is 42.9 Å². The van der Waals surface area contributed by atoms with Crippen molar-refractivity contribution < 1.29 is 9.53 Å². The van der Waals surface area contributed by atoms with Gasteiger partial charge in [-0.1, -0.05) is 49.9 Å². The van der Waals surface area contributed by atoms with Gasteiger partial charge in [0, 0.05) is 5.92 Å². The Hall–Kier alpha value is -1.67. The molecule has 2 nitrogen and oxygen atoms in total. The molecule has 3 atom stereocenters. The highest BCUT2D eigenvalue weighted by atomic mass is 16.5. The number of carbonyl (C=O) groups excluding carboxylic acids is 1. The van der Waals surface area contributed by atoms with E-state index in [2.05, 4.69) is 31.7 Å². The van der Waals surface area contributed by atoms with Crippen LogP contribution >= 0.6 is 0 Å². The molecule has 0 saturated heterocycles. The van der Waals surface area contributed by atoms with Gasteiger partial charge >= 0.3 is 0 Å². The van der Waals surface area contributed by atoms with Crippen LogP contribution in [0.4, 0.5) is 0 Å². The van der Waals surface area contributed by atoms with Crippen molar-refractivity contribution in [2.24, 2.45) is 11.8 Å². The van der Waals surface area contributed by atoms with Gasteiger partial charge in [0.1, 0.15) is 0 Å². The van der Waals surface area contributed by atoms with E-state index < -0.39 is 0 Å². The fraction of sp³-hybridized carbons (Fsp3) is 0.421. The van der Waals surface area contributed by atoms with Crippen LogP contribution in [0.1, 0.15) is 32.3 Å². The maximum absolute atomic E-state index is 11.8. The van der Waals surface area contributed by atoms with Crippen molar-refractivity contribution in [3.8, 4) is 0 Å². The summed E-state index contributed by atoms with van der Waals surface area (Å²) in [5.74, 6) is 0.504.